The van der Waals surface area contributed by atoms with Gasteiger partial charge >= 0.3 is 5.97 Å². The molecule has 2 aliphatic carbocycles. The van der Waals surface area contributed by atoms with E-state index < -0.39 is 5.97 Å². The number of nitrogens with zero attached hydrogens (tertiary/aromatic N) is 4. The molecule has 0 aromatic carbocycles. The monoisotopic (exact) mass is 394 g/mol. The Kier molecular flexibility index (Phi) is 4.64. The van der Waals surface area contributed by atoms with Gasteiger partial charge in [-0.15, -0.1) is 0 Å². The van der Waals surface area contributed by atoms with Crippen LogP contribution < -0.4 is 9.80 Å². The van der Waals surface area contributed by atoms with Gasteiger partial charge in [0.05, 0.1) is 5.56 Å². The predicted octanol–water partition coefficient (Wildman–Crippen LogP) is 3.37. The first-order valence-corrected chi connectivity index (χ1v) is 11.3. The van der Waals surface area contributed by atoms with E-state index in [0.29, 0.717) is 30.2 Å². The molecule has 3 atom stereocenters. The summed E-state index contributed by atoms with van der Waals surface area (Å²) in [7, 11) is 0. The molecule has 1 saturated carbocycles. The van der Waals surface area contributed by atoms with Crippen molar-refractivity contribution in [1.29, 1.82) is 5.26 Å². The van der Waals surface area contributed by atoms with Crippen LogP contribution in [0.5, 0.6) is 0 Å². The zero-order valence-electron chi connectivity index (χ0n) is 17.2. The van der Waals surface area contributed by atoms with Crippen LogP contribution in [0.1, 0.15) is 62.1 Å². The summed E-state index contributed by atoms with van der Waals surface area (Å²) < 4.78 is 0. The third kappa shape index (κ3) is 3.06. The van der Waals surface area contributed by atoms with Gasteiger partial charge in [-0.2, -0.15) is 5.26 Å². The van der Waals surface area contributed by atoms with E-state index in [0.717, 1.165) is 75.4 Å². The number of hydrogen-bond donors (Lipinski definition) is 1. The maximum Gasteiger partial charge on any atom is 0.303 e. The molecule has 3 aliphatic heterocycles. The molecule has 154 valence electrons. The number of hydrogen-bond acceptors (Lipinski definition) is 5. The lowest BCUT2D eigenvalue weighted by molar-refractivity contribution is -0.141. The number of anilines is 2. The van der Waals surface area contributed by atoms with Crippen LogP contribution in [-0.2, 0) is 17.6 Å². The standard InChI is InChI=1S/C23H30N4O2/c1-14-7-8-27(14)23-20(11-24)17-5-3-2-4-6-18(17)22(25-23)26-12-15-9-16(13-26)19(15)10-21(28)29/h14-16,19H,2-10,12-13H2,1H3,(H,28,29)/t14-,15?,16?,19?/m0/s1. The molecule has 6 nitrogen and oxygen atoms in total. The fraction of sp³-hybridized carbons (Fsp3) is 0.696. The van der Waals surface area contributed by atoms with Crippen molar-refractivity contribution in [2.75, 3.05) is 29.4 Å². The van der Waals surface area contributed by atoms with Crippen LogP contribution in [-0.4, -0.2) is 41.7 Å². The molecule has 5 aliphatic rings. The zero-order valence-corrected chi connectivity index (χ0v) is 17.2. The zero-order chi connectivity index (χ0) is 20.1. The number of fused-ring (bicyclic) bond motifs is 3. The van der Waals surface area contributed by atoms with E-state index >= 15 is 0 Å². The van der Waals surface area contributed by atoms with Crippen molar-refractivity contribution in [3.05, 3.63) is 16.7 Å². The van der Waals surface area contributed by atoms with Gasteiger partial charge < -0.3 is 14.9 Å². The minimum Gasteiger partial charge on any atom is -0.481 e. The SMILES string of the molecule is C[C@H]1CCN1c1nc(N2CC3CC(C2)C3CC(=O)O)c2c(c1C#N)CCCCC2. The van der Waals surface area contributed by atoms with Gasteiger partial charge in [0.15, 0.2) is 0 Å². The Balaban J connectivity index is 1.52. The molecule has 2 unspecified atom stereocenters. The maximum absolute atomic E-state index is 11.2. The van der Waals surface area contributed by atoms with E-state index in [-0.39, 0.29) is 0 Å². The number of aromatic nitrogens is 1. The first-order chi connectivity index (χ1) is 14.1. The Hall–Kier alpha value is -2.29. The number of nitriles is 1. The normalized spacial score (nSPS) is 30.5. The molecule has 4 heterocycles. The lowest BCUT2D eigenvalue weighted by atomic mass is 9.60. The first-order valence-electron chi connectivity index (χ1n) is 11.3. The summed E-state index contributed by atoms with van der Waals surface area (Å²) in [4.78, 5) is 21.1. The third-order valence-electron chi connectivity index (χ3n) is 7.86. The molecule has 1 N–H and O–H groups in total. The number of rotatable bonds is 4. The lowest BCUT2D eigenvalue weighted by Gasteiger charge is -2.54. The molecule has 0 radical (unpaired) electrons. The molecule has 6 rings (SSSR count). The molecule has 1 aromatic rings. The summed E-state index contributed by atoms with van der Waals surface area (Å²) in [5.74, 6) is 2.58. The van der Waals surface area contributed by atoms with Gasteiger partial charge in [-0.25, -0.2) is 4.98 Å². The summed E-state index contributed by atoms with van der Waals surface area (Å²) in [5, 5.41) is 19.2. The fourth-order valence-electron chi connectivity index (χ4n) is 6.08. The highest BCUT2D eigenvalue weighted by atomic mass is 16.4. The van der Waals surface area contributed by atoms with E-state index in [1.165, 1.54) is 17.5 Å². The highest BCUT2D eigenvalue weighted by molar-refractivity contribution is 5.69. The second-order valence-electron chi connectivity index (χ2n) is 9.52. The molecular weight excluding hydrogens is 364 g/mol. The van der Waals surface area contributed by atoms with E-state index in [9.17, 15) is 15.2 Å². The van der Waals surface area contributed by atoms with Crippen LogP contribution >= 0.6 is 0 Å². The van der Waals surface area contributed by atoms with Crippen molar-refractivity contribution in [2.24, 2.45) is 17.8 Å². The van der Waals surface area contributed by atoms with E-state index in [2.05, 4.69) is 22.8 Å². The molecule has 0 amide bonds. The molecule has 4 fully saturated rings. The Labute approximate surface area is 172 Å². The Bertz CT molecular complexity index is 865. The summed E-state index contributed by atoms with van der Waals surface area (Å²) in [6, 6.07) is 2.95. The van der Waals surface area contributed by atoms with Gasteiger partial charge in [0.1, 0.15) is 17.7 Å². The third-order valence-corrected chi connectivity index (χ3v) is 7.86. The molecule has 29 heavy (non-hydrogen) atoms. The van der Waals surface area contributed by atoms with Gasteiger partial charge in [-0.05, 0) is 74.3 Å². The number of carbonyl (C=O) groups is 1. The molecule has 3 saturated heterocycles. The van der Waals surface area contributed by atoms with Crippen LogP contribution in [0.15, 0.2) is 0 Å². The topological polar surface area (TPSA) is 80.5 Å². The van der Waals surface area contributed by atoms with Crippen LogP contribution in [0.4, 0.5) is 11.6 Å². The molecule has 0 spiro atoms. The molecular formula is C23H30N4O2. The summed E-state index contributed by atoms with van der Waals surface area (Å²) >= 11 is 0. The van der Waals surface area contributed by atoms with Crippen molar-refractivity contribution in [3.8, 4) is 6.07 Å². The second-order valence-corrected chi connectivity index (χ2v) is 9.52. The van der Waals surface area contributed by atoms with Gasteiger partial charge in [-0.1, -0.05) is 6.42 Å². The minimum atomic E-state index is -0.669. The lowest BCUT2D eigenvalue weighted by Crippen LogP contribution is -2.56. The summed E-state index contributed by atoms with van der Waals surface area (Å²) in [6.07, 6.45) is 8.11. The van der Waals surface area contributed by atoms with Gasteiger partial charge in [0, 0.05) is 32.1 Å². The number of carboxylic acid groups (broad SMARTS) is 1. The van der Waals surface area contributed by atoms with E-state index in [1.807, 2.05) is 0 Å². The number of piperidine rings is 2. The molecule has 6 heteroatoms. The number of carboxylic acids is 1. The average molecular weight is 395 g/mol. The van der Waals surface area contributed by atoms with Crippen LogP contribution in [0, 0.1) is 29.1 Å². The van der Waals surface area contributed by atoms with Crippen LogP contribution in [0.2, 0.25) is 0 Å². The van der Waals surface area contributed by atoms with E-state index in [4.69, 9.17) is 4.98 Å². The molecule has 2 bridgehead atoms. The van der Waals surface area contributed by atoms with Crippen molar-refractivity contribution < 1.29 is 9.90 Å². The van der Waals surface area contributed by atoms with Crippen molar-refractivity contribution in [3.63, 3.8) is 0 Å². The Morgan fingerprint density at radius 1 is 1.17 bits per heavy atom. The Morgan fingerprint density at radius 3 is 2.48 bits per heavy atom. The smallest absolute Gasteiger partial charge is 0.303 e. The summed E-state index contributed by atoms with van der Waals surface area (Å²) in [6.45, 7) is 5.01. The van der Waals surface area contributed by atoms with Gasteiger partial charge in [0.25, 0.3) is 0 Å². The quantitative estimate of drug-likeness (QED) is 0.789. The van der Waals surface area contributed by atoms with Crippen molar-refractivity contribution in [2.45, 2.75) is 64.3 Å². The Morgan fingerprint density at radius 2 is 1.90 bits per heavy atom. The highest BCUT2D eigenvalue weighted by Gasteiger charge is 2.48. The summed E-state index contributed by atoms with van der Waals surface area (Å²) in [5.41, 5.74) is 3.35. The van der Waals surface area contributed by atoms with Gasteiger partial charge in [0.2, 0.25) is 0 Å². The average Bonchev–Trinajstić information content (AvgIpc) is 2.96. The predicted molar refractivity (Wildman–Crippen MR) is 111 cm³/mol. The second kappa shape index (κ2) is 7.19. The number of aliphatic carboxylic acids is 1. The first kappa shape index (κ1) is 18.7. The van der Waals surface area contributed by atoms with Crippen molar-refractivity contribution >= 4 is 17.6 Å². The highest BCUT2D eigenvalue weighted by Crippen LogP contribution is 2.49. The maximum atomic E-state index is 11.2. The van der Waals surface area contributed by atoms with Gasteiger partial charge in [-0.3, -0.25) is 4.79 Å². The van der Waals surface area contributed by atoms with Crippen LogP contribution in [0.25, 0.3) is 0 Å². The van der Waals surface area contributed by atoms with Crippen molar-refractivity contribution in [1.82, 2.24) is 4.98 Å². The minimum absolute atomic E-state index is 0.304. The molecule has 1 aromatic heterocycles. The fourth-order valence-corrected chi connectivity index (χ4v) is 6.08. The van der Waals surface area contributed by atoms with E-state index in [1.54, 1.807) is 0 Å². The largest absolute Gasteiger partial charge is 0.481 e. The van der Waals surface area contributed by atoms with Crippen LogP contribution in [0.3, 0.4) is 0 Å². The number of pyridine rings is 1.